The van der Waals surface area contributed by atoms with Gasteiger partial charge in [0.15, 0.2) is 0 Å². The molecule has 2 rings (SSSR count). The molecule has 1 saturated carbocycles. The number of benzene rings is 1. The average molecular weight is 336 g/mol. The molecule has 0 aliphatic heterocycles. The van der Waals surface area contributed by atoms with Gasteiger partial charge in [-0.05, 0) is 24.0 Å². The number of alkyl halides is 3. The number of rotatable bonds is 4. The summed E-state index contributed by atoms with van der Waals surface area (Å²) >= 11 is 0. The van der Waals surface area contributed by atoms with Crippen LogP contribution in [0.15, 0.2) is 24.3 Å². The Hall–Kier alpha value is -1.61. The van der Waals surface area contributed by atoms with Crippen molar-refractivity contribution in [2.24, 2.45) is 5.92 Å². The second-order valence-electron chi connectivity index (χ2n) is 5.29. The predicted molar refractivity (Wildman–Crippen MR) is 73.0 cm³/mol. The van der Waals surface area contributed by atoms with E-state index in [-0.39, 0.29) is 12.0 Å². The van der Waals surface area contributed by atoms with Crippen LogP contribution in [0.3, 0.4) is 0 Å². The van der Waals surface area contributed by atoms with Gasteiger partial charge in [-0.1, -0.05) is 18.2 Å². The lowest BCUT2D eigenvalue weighted by Gasteiger charge is -2.14. The van der Waals surface area contributed by atoms with Gasteiger partial charge in [0.2, 0.25) is 5.91 Å². The van der Waals surface area contributed by atoms with Crippen molar-refractivity contribution in [1.29, 1.82) is 0 Å². The largest absolute Gasteiger partial charge is 0.416 e. The molecule has 1 fully saturated rings. The zero-order valence-corrected chi connectivity index (χ0v) is 12.7. The van der Waals surface area contributed by atoms with Gasteiger partial charge < -0.3 is 0 Å². The molecule has 22 heavy (non-hydrogen) atoms. The summed E-state index contributed by atoms with van der Waals surface area (Å²) in [5, 5.41) is 0. The monoisotopic (exact) mass is 336 g/mol. The highest BCUT2D eigenvalue weighted by Crippen LogP contribution is 2.51. The van der Waals surface area contributed by atoms with Gasteiger partial charge in [0.25, 0.3) is 0 Å². The van der Waals surface area contributed by atoms with E-state index in [9.17, 15) is 26.4 Å². The third kappa shape index (κ3) is 3.41. The summed E-state index contributed by atoms with van der Waals surface area (Å²) in [5.41, 5.74) is -0.761. The molecule has 5 nitrogen and oxygen atoms in total. The topological polar surface area (TPSA) is 66.5 Å². The van der Waals surface area contributed by atoms with E-state index < -0.39 is 39.7 Å². The van der Waals surface area contributed by atoms with Crippen molar-refractivity contribution in [3.05, 3.63) is 35.4 Å². The molecule has 0 bridgehead atoms. The summed E-state index contributed by atoms with van der Waals surface area (Å²) in [6.07, 6.45) is -4.31. The molecule has 1 aromatic rings. The van der Waals surface area contributed by atoms with Crippen LogP contribution in [0.5, 0.6) is 0 Å². The standard InChI is InChI=1S/C13H15F3N2O3S/c1-18(2)22(20,21)17-12(19)10-7-9(10)8-5-3-4-6-11(8)13(14,15)16/h3-6,9-10H,7H2,1-2H3,(H,17,19)/t9-,10+/m0/s1. The zero-order valence-electron chi connectivity index (χ0n) is 11.9. The lowest BCUT2D eigenvalue weighted by Crippen LogP contribution is -2.40. The summed E-state index contributed by atoms with van der Waals surface area (Å²) in [6, 6.07) is 5.02. The van der Waals surface area contributed by atoms with Crippen LogP contribution in [-0.2, 0) is 21.2 Å². The van der Waals surface area contributed by atoms with Crippen LogP contribution in [0, 0.1) is 5.92 Å². The number of amides is 1. The smallest absolute Gasteiger partial charge is 0.274 e. The van der Waals surface area contributed by atoms with Crippen LogP contribution in [0.4, 0.5) is 13.2 Å². The Labute approximate surface area is 126 Å². The van der Waals surface area contributed by atoms with E-state index in [4.69, 9.17) is 0 Å². The Kier molecular flexibility index (Phi) is 4.22. The average Bonchev–Trinajstić information content (AvgIpc) is 3.17. The number of nitrogens with zero attached hydrogens (tertiary/aromatic N) is 1. The van der Waals surface area contributed by atoms with Gasteiger partial charge in [0, 0.05) is 20.0 Å². The van der Waals surface area contributed by atoms with Gasteiger partial charge in [-0.2, -0.15) is 25.9 Å². The number of carbonyl (C=O) groups is 1. The molecule has 0 radical (unpaired) electrons. The summed E-state index contributed by atoms with van der Waals surface area (Å²) < 4.78 is 64.6. The van der Waals surface area contributed by atoms with Crippen LogP contribution in [-0.4, -0.2) is 32.7 Å². The number of nitrogens with one attached hydrogen (secondary N) is 1. The fourth-order valence-corrected chi connectivity index (χ4v) is 2.79. The third-order valence-electron chi connectivity index (χ3n) is 3.50. The highest BCUT2D eigenvalue weighted by molar-refractivity contribution is 7.87. The molecule has 1 aliphatic rings. The van der Waals surface area contributed by atoms with Crippen molar-refractivity contribution in [2.45, 2.75) is 18.5 Å². The first-order valence-corrected chi connectivity index (χ1v) is 7.88. The number of halogens is 3. The van der Waals surface area contributed by atoms with E-state index in [1.54, 1.807) is 0 Å². The first-order chi connectivity index (χ1) is 10.0. The van der Waals surface area contributed by atoms with Gasteiger partial charge in [-0.15, -0.1) is 0 Å². The molecule has 1 N–H and O–H groups in total. The highest BCUT2D eigenvalue weighted by Gasteiger charge is 2.48. The summed E-state index contributed by atoms with van der Waals surface area (Å²) in [6.45, 7) is 0. The molecule has 0 spiro atoms. The van der Waals surface area contributed by atoms with Gasteiger partial charge in [-0.3, -0.25) is 4.79 Å². The normalized spacial score (nSPS) is 21.7. The first kappa shape index (κ1) is 16.8. The SMILES string of the molecule is CN(C)S(=O)(=O)NC(=O)[C@@H]1C[C@H]1c1ccccc1C(F)(F)F. The molecule has 1 aromatic carbocycles. The Morgan fingerprint density at radius 1 is 1.27 bits per heavy atom. The number of hydrogen-bond acceptors (Lipinski definition) is 3. The van der Waals surface area contributed by atoms with Crippen LogP contribution in [0.1, 0.15) is 23.5 Å². The van der Waals surface area contributed by atoms with Crippen molar-refractivity contribution in [2.75, 3.05) is 14.1 Å². The minimum atomic E-state index is -4.50. The molecule has 9 heteroatoms. The maximum absolute atomic E-state index is 12.9. The second-order valence-corrected chi connectivity index (χ2v) is 7.17. The molecule has 0 saturated heterocycles. The van der Waals surface area contributed by atoms with E-state index in [2.05, 4.69) is 0 Å². The minimum absolute atomic E-state index is 0.0254. The molecule has 2 atom stereocenters. The van der Waals surface area contributed by atoms with E-state index >= 15 is 0 Å². The lowest BCUT2D eigenvalue weighted by molar-refractivity contribution is -0.138. The molecular weight excluding hydrogens is 321 g/mol. The van der Waals surface area contributed by atoms with Gasteiger partial charge >= 0.3 is 16.4 Å². The molecule has 0 heterocycles. The molecular formula is C13H15F3N2O3S. The molecule has 122 valence electrons. The van der Waals surface area contributed by atoms with Gasteiger partial charge in [0.05, 0.1) is 5.56 Å². The van der Waals surface area contributed by atoms with Gasteiger partial charge in [0.1, 0.15) is 0 Å². The van der Waals surface area contributed by atoms with Crippen LogP contribution in [0.2, 0.25) is 0 Å². The zero-order chi connectivity index (χ0) is 16.7. The first-order valence-electron chi connectivity index (χ1n) is 6.44. The van der Waals surface area contributed by atoms with E-state index in [0.29, 0.717) is 0 Å². The fraction of sp³-hybridized carbons (Fsp3) is 0.462. The van der Waals surface area contributed by atoms with E-state index in [0.717, 1.165) is 10.4 Å². The van der Waals surface area contributed by atoms with Crippen LogP contribution < -0.4 is 4.72 Å². The molecule has 0 aromatic heterocycles. The summed E-state index contributed by atoms with van der Waals surface area (Å²) in [4.78, 5) is 11.9. The predicted octanol–water partition coefficient (Wildman–Crippen LogP) is 1.73. The van der Waals surface area contributed by atoms with E-state index in [1.165, 1.54) is 32.3 Å². The van der Waals surface area contributed by atoms with Crippen molar-refractivity contribution >= 4 is 16.1 Å². The fourth-order valence-electron chi connectivity index (χ4n) is 2.20. The second kappa shape index (κ2) is 5.54. The summed E-state index contributed by atoms with van der Waals surface area (Å²) in [5.74, 6) is -2.16. The number of carbonyl (C=O) groups excluding carboxylic acids is 1. The lowest BCUT2D eigenvalue weighted by atomic mass is 10.0. The van der Waals surface area contributed by atoms with E-state index in [1.807, 2.05) is 4.72 Å². The van der Waals surface area contributed by atoms with Gasteiger partial charge in [-0.25, -0.2) is 4.72 Å². The molecule has 0 unspecified atom stereocenters. The van der Waals surface area contributed by atoms with Crippen LogP contribution in [0.25, 0.3) is 0 Å². The Morgan fingerprint density at radius 3 is 2.41 bits per heavy atom. The Morgan fingerprint density at radius 2 is 1.86 bits per heavy atom. The molecule has 1 amide bonds. The summed E-state index contributed by atoms with van der Waals surface area (Å²) in [7, 11) is -1.44. The minimum Gasteiger partial charge on any atom is -0.274 e. The van der Waals surface area contributed by atoms with Crippen molar-refractivity contribution in [3.8, 4) is 0 Å². The molecule has 1 aliphatic carbocycles. The van der Waals surface area contributed by atoms with Crippen LogP contribution >= 0.6 is 0 Å². The van der Waals surface area contributed by atoms with Crippen molar-refractivity contribution < 1.29 is 26.4 Å². The van der Waals surface area contributed by atoms with Crippen molar-refractivity contribution in [1.82, 2.24) is 9.03 Å². The Bertz CT molecular complexity index is 686. The highest BCUT2D eigenvalue weighted by atomic mass is 32.2. The quantitative estimate of drug-likeness (QED) is 0.911. The maximum atomic E-state index is 12.9. The number of hydrogen-bond donors (Lipinski definition) is 1. The van der Waals surface area contributed by atoms with Crippen molar-refractivity contribution in [3.63, 3.8) is 0 Å². The third-order valence-corrected chi connectivity index (χ3v) is 4.92. The maximum Gasteiger partial charge on any atom is 0.416 e. The Balaban J connectivity index is 2.16.